The van der Waals surface area contributed by atoms with Gasteiger partial charge in [-0.3, -0.25) is 0 Å². The molecule has 1 aromatic rings. The van der Waals surface area contributed by atoms with Gasteiger partial charge in [0.05, 0.1) is 0 Å². The number of hydrogen-bond acceptors (Lipinski definition) is 5. The molecule has 0 saturated carbocycles. The van der Waals surface area contributed by atoms with E-state index in [1.54, 1.807) is 0 Å². The molecule has 2 N–H and O–H groups in total. The number of nitrogens with one attached hydrogen (secondary N) is 2. The van der Waals surface area contributed by atoms with Gasteiger partial charge in [0.2, 0.25) is 5.89 Å². The minimum absolute atomic E-state index is 0.373. The first-order valence-electron chi connectivity index (χ1n) is 6.00. The van der Waals surface area contributed by atoms with Crippen LogP contribution in [0.15, 0.2) is 4.52 Å². The summed E-state index contributed by atoms with van der Waals surface area (Å²) in [5, 5.41) is 10.6. The number of piperidine rings is 1. The molecule has 2 unspecified atom stereocenters. The molecule has 1 aromatic heterocycles. The predicted molar refractivity (Wildman–Crippen MR) is 61.4 cm³/mol. The smallest absolute Gasteiger partial charge is 0.228 e. The molecule has 16 heavy (non-hydrogen) atoms. The number of rotatable bonds is 4. The van der Waals surface area contributed by atoms with Crippen LogP contribution in [-0.2, 0) is 6.42 Å². The molecule has 1 aliphatic heterocycles. The third kappa shape index (κ3) is 2.80. The molecule has 0 amide bonds. The van der Waals surface area contributed by atoms with Crippen LogP contribution in [0.4, 0.5) is 0 Å². The van der Waals surface area contributed by atoms with Crippen LogP contribution in [0.1, 0.15) is 37.4 Å². The molecule has 1 fully saturated rings. The van der Waals surface area contributed by atoms with Crippen LogP contribution >= 0.6 is 0 Å². The normalized spacial score (nSPS) is 23.2. The fourth-order valence-corrected chi connectivity index (χ4v) is 1.95. The second-order valence-electron chi connectivity index (χ2n) is 4.48. The third-order valence-electron chi connectivity index (χ3n) is 3.12. The van der Waals surface area contributed by atoms with Crippen LogP contribution in [0, 0.1) is 0 Å². The third-order valence-corrected chi connectivity index (χ3v) is 3.12. The average Bonchev–Trinajstić information content (AvgIpc) is 2.78. The number of hydrogen-bond donors (Lipinski definition) is 2. The van der Waals surface area contributed by atoms with E-state index in [2.05, 4.69) is 27.7 Å². The van der Waals surface area contributed by atoms with Gasteiger partial charge in [0, 0.05) is 24.9 Å². The van der Waals surface area contributed by atoms with Gasteiger partial charge in [0.25, 0.3) is 0 Å². The van der Waals surface area contributed by atoms with E-state index in [4.69, 9.17) is 4.52 Å². The quantitative estimate of drug-likeness (QED) is 0.787. The molecule has 2 heterocycles. The molecule has 0 spiro atoms. The Morgan fingerprint density at radius 2 is 2.50 bits per heavy atom. The summed E-state index contributed by atoms with van der Waals surface area (Å²) in [6.45, 7) is 4.19. The first-order chi connectivity index (χ1) is 7.79. The van der Waals surface area contributed by atoms with Crippen molar-refractivity contribution >= 4 is 0 Å². The highest BCUT2D eigenvalue weighted by atomic mass is 16.5. The maximum absolute atomic E-state index is 5.26. The largest absolute Gasteiger partial charge is 0.339 e. The topological polar surface area (TPSA) is 63.0 Å². The van der Waals surface area contributed by atoms with Crippen molar-refractivity contribution in [1.82, 2.24) is 20.8 Å². The Morgan fingerprint density at radius 3 is 3.19 bits per heavy atom. The van der Waals surface area contributed by atoms with Crippen LogP contribution in [0.5, 0.6) is 0 Å². The number of likely N-dealkylation sites (N-methyl/N-ethyl adjacent to an activating group) is 1. The Bertz CT molecular complexity index is 320. The Hall–Kier alpha value is -0.940. The average molecular weight is 224 g/mol. The minimum Gasteiger partial charge on any atom is -0.339 e. The van der Waals surface area contributed by atoms with Gasteiger partial charge in [-0.15, -0.1) is 0 Å². The summed E-state index contributed by atoms with van der Waals surface area (Å²) in [6.07, 6.45) is 3.15. The van der Waals surface area contributed by atoms with Crippen LogP contribution in [0.25, 0.3) is 0 Å². The molecule has 2 atom stereocenters. The van der Waals surface area contributed by atoms with Gasteiger partial charge in [0.15, 0.2) is 5.82 Å². The Morgan fingerprint density at radius 1 is 1.62 bits per heavy atom. The van der Waals surface area contributed by atoms with E-state index >= 15 is 0 Å². The first-order valence-corrected chi connectivity index (χ1v) is 6.00. The zero-order valence-corrected chi connectivity index (χ0v) is 9.99. The Balaban J connectivity index is 1.95. The minimum atomic E-state index is 0.373. The van der Waals surface area contributed by atoms with Gasteiger partial charge in [-0.25, -0.2) is 0 Å². The highest BCUT2D eigenvalue weighted by Gasteiger charge is 2.20. The first kappa shape index (κ1) is 11.5. The van der Waals surface area contributed by atoms with Crippen LogP contribution in [0.2, 0.25) is 0 Å². The molecule has 5 heteroatoms. The fraction of sp³-hybridized carbons (Fsp3) is 0.818. The zero-order chi connectivity index (χ0) is 11.4. The molecule has 0 radical (unpaired) electrons. The lowest BCUT2D eigenvalue weighted by atomic mass is 9.99. The standard InChI is InChI=1S/C11H20N4O/c1-8(12-2)6-10-14-11(15-16-10)9-4-3-5-13-7-9/h8-9,12-13H,3-7H2,1-2H3. The summed E-state index contributed by atoms with van der Waals surface area (Å²) in [5.41, 5.74) is 0. The molecule has 0 bridgehead atoms. The fourth-order valence-electron chi connectivity index (χ4n) is 1.95. The van der Waals surface area contributed by atoms with Gasteiger partial charge in [-0.1, -0.05) is 5.16 Å². The second kappa shape index (κ2) is 5.41. The zero-order valence-electron chi connectivity index (χ0n) is 9.99. The van der Waals surface area contributed by atoms with Crippen LogP contribution < -0.4 is 10.6 Å². The SMILES string of the molecule is CNC(C)Cc1nc(C2CCCNC2)no1. The maximum atomic E-state index is 5.26. The van der Waals surface area contributed by atoms with Crippen molar-refractivity contribution in [2.75, 3.05) is 20.1 Å². The Labute approximate surface area is 96.0 Å². The highest BCUT2D eigenvalue weighted by molar-refractivity contribution is 4.98. The lowest BCUT2D eigenvalue weighted by Crippen LogP contribution is -2.29. The molecular formula is C11H20N4O. The van der Waals surface area contributed by atoms with Crippen molar-refractivity contribution in [3.05, 3.63) is 11.7 Å². The highest BCUT2D eigenvalue weighted by Crippen LogP contribution is 2.20. The van der Waals surface area contributed by atoms with Crippen molar-refractivity contribution < 1.29 is 4.52 Å². The summed E-state index contributed by atoms with van der Waals surface area (Å²) < 4.78 is 5.26. The number of aromatic nitrogens is 2. The van der Waals surface area contributed by atoms with E-state index in [1.807, 2.05) is 7.05 Å². The summed E-state index contributed by atoms with van der Waals surface area (Å²) in [5.74, 6) is 2.03. The van der Waals surface area contributed by atoms with E-state index in [1.165, 1.54) is 6.42 Å². The lowest BCUT2D eigenvalue weighted by Gasteiger charge is -2.19. The van der Waals surface area contributed by atoms with Crippen molar-refractivity contribution in [3.8, 4) is 0 Å². The number of nitrogens with zero attached hydrogens (tertiary/aromatic N) is 2. The second-order valence-corrected chi connectivity index (χ2v) is 4.48. The molecule has 1 aliphatic rings. The van der Waals surface area contributed by atoms with E-state index in [0.29, 0.717) is 12.0 Å². The van der Waals surface area contributed by atoms with E-state index < -0.39 is 0 Å². The molecule has 0 aromatic carbocycles. The van der Waals surface area contributed by atoms with Crippen molar-refractivity contribution in [1.29, 1.82) is 0 Å². The van der Waals surface area contributed by atoms with Crippen LogP contribution in [-0.4, -0.2) is 36.3 Å². The van der Waals surface area contributed by atoms with Crippen molar-refractivity contribution in [3.63, 3.8) is 0 Å². The molecule has 90 valence electrons. The summed E-state index contributed by atoms with van der Waals surface area (Å²) in [4.78, 5) is 4.46. The summed E-state index contributed by atoms with van der Waals surface area (Å²) in [7, 11) is 1.94. The molecular weight excluding hydrogens is 204 g/mol. The van der Waals surface area contributed by atoms with Gasteiger partial charge < -0.3 is 15.2 Å². The van der Waals surface area contributed by atoms with Crippen molar-refractivity contribution in [2.45, 2.75) is 38.1 Å². The molecule has 0 aliphatic carbocycles. The molecule has 1 saturated heterocycles. The van der Waals surface area contributed by atoms with Gasteiger partial charge in [-0.2, -0.15) is 4.98 Å². The summed E-state index contributed by atoms with van der Waals surface area (Å²) >= 11 is 0. The maximum Gasteiger partial charge on any atom is 0.228 e. The summed E-state index contributed by atoms with van der Waals surface area (Å²) in [6, 6.07) is 0.373. The predicted octanol–water partition coefficient (Wildman–Crippen LogP) is 0.687. The van der Waals surface area contributed by atoms with E-state index in [-0.39, 0.29) is 0 Å². The van der Waals surface area contributed by atoms with E-state index in [0.717, 1.165) is 37.6 Å². The molecule has 5 nitrogen and oxygen atoms in total. The molecule has 2 rings (SSSR count). The monoisotopic (exact) mass is 224 g/mol. The van der Waals surface area contributed by atoms with Gasteiger partial charge in [-0.05, 0) is 33.4 Å². The lowest BCUT2D eigenvalue weighted by molar-refractivity contribution is 0.352. The van der Waals surface area contributed by atoms with E-state index in [9.17, 15) is 0 Å². The van der Waals surface area contributed by atoms with Gasteiger partial charge in [0.1, 0.15) is 0 Å². The van der Waals surface area contributed by atoms with Gasteiger partial charge >= 0.3 is 0 Å². The Kier molecular flexibility index (Phi) is 3.90. The van der Waals surface area contributed by atoms with Crippen molar-refractivity contribution in [2.24, 2.45) is 0 Å². The van der Waals surface area contributed by atoms with Crippen LogP contribution in [0.3, 0.4) is 0 Å².